The highest BCUT2D eigenvalue weighted by Crippen LogP contribution is 2.28. The number of aliphatic hydroxyl groups is 4. The Morgan fingerprint density at radius 2 is 1.28 bits per heavy atom. The van der Waals surface area contributed by atoms with Crippen molar-refractivity contribution >= 4 is 0 Å². The molecule has 0 spiro atoms. The Hall–Kier alpha value is -0.440. The molecule has 4 unspecified atom stereocenters. The van der Waals surface area contributed by atoms with E-state index in [9.17, 15) is 20.4 Å². The molecule has 10 atom stereocenters. The summed E-state index contributed by atoms with van der Waals surface area (Å²) < 4.78 is 26.8. The Bertz CT molecular complexity index is 414. The molecular weight excluding hydrogens is 340 g/mol. The third-order valence-electron chi connectivity index (χ3n) is 4.60. The van der Waals surface area contributed by atoms with Gasteiger partial charge < -0.3 is 55.6 Å². The molecule has 2 heterocycles. The normalized spacial score (nSPS) is 48.5. The molecule has 2 saturated heterocycles. The minimum absolute atomic E-state index is 0.430. The summed E-state index contributed by atoms with van der Waals surface area (Å²) in [5, 5.41) is 39.6. The van der Waals surface area contributed by atoms with Crippen molar-refractivity contribution in [3.05, 3.63) is 0 Å². The van der Waals surface area contributed by atoms with Crippen LogP contribution in [0.3, 0.4) is 0 Å². The third-order valence-corrected chi connectivity index (χ3v) is 4.60. The van der Waals surface area contributed by atoms with Gasteiger partial charge in [-0.15, -0.1) is 0 Å². The molecule has 148 valence electrons. The highest BCUT2D eigenvalue weighted by atomic mass is 16.7. The lowest BCUT2D eigenvalue weighted by atomic mass is 9.95. The van der Waals surface area contributed by atoms with E-state index in [0.717, 1.165) is 0 Å². The van der Waals surface area contributed by atoms with Gasteiger partial charge in [-0.25, -0.2) is 0 Å². The molecule has 0 amide bonds. The van der Waals surface area contributed by atoms with Crippen molar-refractivity contribution in [2.75, 3.05) is 27.4 Å². The van der Waals surface area contributed by atoms with Gasteiger partial charge >= 0.3 is 0 Å². The number of hydrogen-bond acceptors (Lipinski definition) is 11. The summed E-state index contributed by atoms with van der Waals surface area (Å²) in [7, 11) is 2.72. The maximum Gasteiger partial charge on any atom is 0.176 e. The molecule has 11 nitrogen and oxygen atoms in total. The van der Waals surface area contributed by atoms with Crippen molar-refractivity contribution in [1.82, 2.24) is 0 Å². The van der Waals surface area contributed by atoms with Crippen molar-refractivity contribution < 1.29 is 44.1 Å². The zero-order valence-electron chi connectivity index (χ0n) is 14.2. The van der Waals surface area contributed by atoms with Crippen LogP contribution in [0.1, 0.15) is 0 Å². The highest BCUT2D eigenvalue weighted by molar-refractivity contribution is 4.96. The predicted molar refractivity (Wildman–Crippen MR) is 82.1 cm³/mol. The van der Waals surface area contributed by atoms with Gasteiger partial charge in [0.2, 0.25) is 0 Å². The number of nitrogens with two attached hydrogens (primary N) is 2. The van der Waals surface area contributed by atoms with Gasteiger partial charge in [0.05, 0.1) is 25.3 Å². The molecule has 8 N–H and O–H groups in total. The van der Waals surface area contributed by atoms with Crippen LogP contribution < -0.4 is 11.5 Å². The fraction of sp³-hybridized carbons (Fsp3) is 1.00. The van der Waals surface area contributed by atoms with E-state index in [1.54, 1.807) is 0 Å². The lowest BCUT2D eigenvalue weighted by molar-refractivity contribution is -0.327. The first kappa shape index (κ1) is 20.9. The van der Waals surface area contributed by atoms with Crippen LogP contribution in [-0.4, -0.2) is 109 Å². The Morgan fingerprint density at radius 3 is 1.80 bits per heavy atom. The Labute approximate surface area is 145 Å². The minimum atomic E-state index is -1.24. The number of aliphatic hydroxyl groups excluding tert-OH is 4. The second-order valence-electron chi connectivity index (χ2n) is 6.12. The monoisotopic (exact) mass is 368 g/mol. The molecule has 0 aromatic rings. The molecule has 2 rings (SSSR count). The van der Waals surface area contributed by atoms with Crippen LogP contribution in [0.5, 0.6) is 0 Å². The van der Waals surface area contributed by atoms with Gasteiger partial charge in [-0.3, -0.25) is 0 Å². The summed E-state index contributed by atoms with van der Waals surface area (Å²) in [6.07, 6.45) is -8.23. The molecule has 0 aromatic heterocycles. The van der Waals surface area contributed by atoms with Crippen LogP contribution in [0.25, 0.3) is 0 Å². The number of ether oxygens (including phenoxy) is 5. The van der Waals surface area contributed by atoms with Crippen LogP contribution in [0.2, 0.25) is 0 Å². The maximum absolute atomic E-state index is 10.4. The van der Waals surface area contributed by atoms with Gasteiger partial charge in [-0.05, 0) is 0 Å². The lowest BCUT2D eigenvalue weighted by Crippen LogP contribution is -2.67. The summed E-state index contributed by atoms with van der Waals surface area (Å²) in [5.41, 5.74) is 11.8. The van der Waals surface area contributed by atoms with Crippen molar-refractivity contribution in [1.29, 1.82) is 0 Å². The van der Waals surface area contributed by atoms with Gasteiger partial charge in [0.15, 0.2) is 12.6 Å². The maximum atomic E-state index is 10.4. The van der Waals surface area contributed by atoms with Gasteiger partial charge in [-0.1, -0.05) is 0 Å². The van der Waals surface area contributed by atoms with Crippen LogP contribution in [0.15, 0.2) is 0 Å². The molecule has 0 saturated carbocycles. The Kier molecular flexibility index (Phi) is 7.49. The van der Waals surface area contributed by atoms with E-state index >= 15 is 0 Å². The molecule has 0 bridgehead atoms. The van der Waals surface area contributed by atoms with E-state index in [-0.39, 0.29) is 0 Å². The second kappa shape index (κ2) is 8.97. The summed E-state index contributed by atoms with van der Waals surface area (Å²) in [4.78, 5) is 0. The highest BCUT2D eigenvalue weighted by Gasteiger charge is 2.49. The van der Waals surface area contributed by atoms with Crippen LogP contribution in [0, 0.1) is 0 Å². The van der Waals surface area contributed by atoms with Crippen LogP contribution >= 0.6 is 0 Å². The first-order valence-corrected chi connectivity index (χ1v) is 8.00. The first-order valence-electron chi connectivity index (χ1n) is 8.00. The minimum Gasteiger partial charge on any atom is -0.394 e. The first-order chi connectivity index (χ1) is 11.9. The molecule has 25 heavy (non-hydrogen) atoms. The van der Waals surface area contributed by atoms with E-state index < -0.39 is 74.5 Å². The van der Waals surface area contributed by atoms with Crippen LogP contribution in [0.4, 0.5) is 0 Å². The summed E-state index contributed by atoms with van der Waals surface area (Å²) in [5.74, 6) is 0. The van der Waals surface area contributed by atoms with Crippen molar-refractivity contribution in [3.8, 4) is 0 Å². The molecule has 2 fully saturated rings. The molecule has 2 aliphatic heterocycles. The molecular formula is C14H28N2O9. The zero-order valence-corrected chi connectivity index (χ0v) is 14.2. The lowest BCUT2D eigenvalue weighted by Gasteiger charge is -2.47. The zero-order chi connectivity index (χ0) is 18.7. The van der Waals surface area contributed by atoms with Gasteiger partial charge in [0.1, 0.15) is 36.6 Å². The molecule has 2 aliphatic rings. The van der Waals surface area contributed by atoms with Gasteiger partial charge in [-0.2, -0.15) is 0 Å². The van der Waals surface area contributed by atoms with Crippen LogP contribution in [-0.2, 0) is 23.7 Å². The van der Waals surface area contributed by atoms with Crippen molar-refractivity contribution in [2.45, 2.75) is 61.3 Å². The van der Waals surface area contributed by atoms with Gasteiger partial charge in [0, 0.05) is 14.2 Å². The van der Waals surface area contributed by atoms with Crippen molar-refractivity contribution in [3.63, 3.8) is 0 Å². The third kappa shape index (κ3) is 4.12. The average Bonchev–Trinajstić information content (AvgIpc) is 2.62. The largest absolute Gasteiger partial charge is 0.394 e. The topological polar surface area (TPSA) is 179 Å². The molecule has 0 radical (unpaired) electrons. The Balaban J connectivity index is 2.13. The predicted octanol–water partition coefficient (Wildman–Crippen LogP) is -4.16. The average molecular weight is 368 g/mol. The summed E-state index contributed by atoms with van der Waals surface area (Å²) in [6.45, 7) is -0.899. The van der Waals surface area contributed by atoms with E-state index in [1.165, 1.54) is 14.2 Å². The Morgan fingerprint density at radius 1 is 0.800 bits per heavy atom. The smallest absolute Gasteiger partial charge is 0.176 e. The summed E-state index contributed by atoms with van der Waals surface area (Å²) in [6, 6.07) is -1.95. The molecule has 0 aromatic carbocycles. The van der Waals surface area contributed by atoms with E-state index in [0.29, 0.717) is 0 Å². The quantitative estimate of drug-likeness (QED) is 0.268. The number of hydrogen-bond donors (Lipinski definition) is 6. The van der Waals surface area contributed by atoms with E-state index in [2.05, 4.69) is 0 Å². The van der Waals surface area contributed by atoms with Gasteiger partial charge in [0.25, 0.3) is 0 Å². The van der Waals surface area contributed by atoms with E-state index in [1.807, 2.05) is 0 Å². The summed E-state index contributed by atoms with van der Waals surface area (Å²) >= 11 is 0. The SMILES string of the molecule is CO[C@@H]1OC(CO)[C@@H](O[C@@H]2OC(CO)[C@@H](OC)[C@H](O)C2N)[C@H](O)C1N. The second-order valence-corrected chi connectivity index (χ2v) is 6.12. The molecule has 11 heteroatoms. The number of methoxy groups -OCH3 is 2. The fourth-order valence-corrected chi connectivity index (χ4v) is 3.12. The fourth-order valence-electron chi connectivity index (χ4n) is 3.12. The molecule has 0 aliphatic carbocycles. The van der Waals surface area contributed by atoms with Crippen molar-refractivity contribution in [2.24, 2.45) is 11.5 Å². The standard InChI is InChI=1S/C14H28N2O9/c1-21-11-5(3-17)24-14(8(16)9(11)19)25-12-6(4-18)23-13(22-2)7(15)10(12)20/h5-14,17-20H,3-4,15-16H2,1-2H3/t5?,6?,7?,8?,9-,10-,11-,12-,13-,14+/m1/s1. The number of rotatable bonds is 6. The van der Waals surface area contributed by atoms with E-state index in [4.69, 9.17) is 35.2 Å².